The van der Waals surface area contributed by atoms with Gasteiger partial charge in [-0.25, -0.2) is 0 Å². The number of rotatable bonds is 8. The molecule has 0 unspecified atom stereocenters. The number of esters is 1. The molecule has 0 saturated carbocycles. The average molecular weight is 476 g/mol. The molecule has 1 aliphatic rings. The number of alkyl halides is 3. The van der Waals surface area contributed by atoms with Crippen LogP contribution in [0.1, 0.15) is 82.0 Å². The van der Waals surface area contributed by atoms with E-state index in [0.29, 0.717) is 18.9 Å². The fourth-order valence-electron chi connectivity index (χ4n) is 5.20. The smallest absolute Gasteiger partial charge is 0.416 e. The molecule has 1 saturated heterocycles. The van der Waals surface area contributed by atoms with Crippen molar-refractivity contribution < 1.29 is 22.7 Å². The zero-order valence-electron chi connectivity index (χ0n) is 20.6. The van der Waals surface area contributed by atoms with Crippen molar-refractivity contribution in [3.8, 4) is 0 Å². The number of carbonyl (C=O) groups is 1. The molecule has 34 heavy (non-hydrogen) atoms. The summed E-state index contributed by atoms with van der Waals surface area (Å²) in [5, 5.41) is 0. The van der Waals surface area contributed by atoms with Crippen LogP contribution in [-0.4, -0.2) is 19.1 Å². The highest BCUT2D eigenvalue weighted by Gasteiger charge is 2.40. The summed E-state index contributed by atoms with van der Waals surface area (Å²) >= 11 is 0. The summed E-state index contributed by atoms with van der Waals surface area (Å²) in [7, 11) is 0. The van der Waals surface area contributed by atoms with Gasteiger partial charge in [0.25, 0.3) is 0 Å². The number of benzene rings is 2. The summed E-state index contributed by atoms with van der Waals surface area (Å²) in [6.45, 7) is 9.30. The Bertz CT molecular complexity index is 922. The molecule has 186 valence electrons. The van der Waals surface area contributed by atoms with Crippen LogP contribution in [0.15, 0.2) is 48.5 Å². The first kappa shape index (κ1) is 26.1. The molecule has 3 nitrogen and oxygen atoms in total. The van der Waals surface area contributed by atoms with E-state index in [2.05, 4.69) is 49.9 Å². The van der Waals surface area contributed by atoms with Gasteiger partial charge in [0.05, 0.1) is 18.2 Å². The molecule has 6 heteroatoms. The van der Waals surface area contributed by atoms with E-state index in [4.69, 9.17) is 4.74 Å². The third-order valence-electron chi connectivity index (χ3n) is 6.91. The van der Waals surface area contributed by atoms with Crippen molar-refractivity contribution in [2.75, 3.05) is 18.1 Å². The monoisotopic (exact) mass is 475 g/mol. The van der Waals surface area contributed by atoms with Crippen LogP contribution >= 0.6 is 0 Å². The number of hydrogen-bond donors (Lipinski definition) is 0. The first-order valence-electron chi connectivity index (χ1n) is 12.3. The molecule has 0 spiro atoms. The first-order chi connectivity index (χ1) is 16.2. The number of hydrogen-bond acceptors (Lipinski definition) is 3. The molecule has 0 aromatic heterocycles. The maximum Gasteiger partial charge on any atom is 0.416 e. The van der Waals surface area contributed by atoms with Gasteiger partial charge >= 0.3 is 12.1 Å². The van der Waals surface area contributed by atoms with E-state index in [1.54, 1.807) is 19.1 Å². The van der Waals surface area contributed by atoms with Crippen LogP contribution in [-0.2, 0) is 15.7 Å². The zero-order chi connectivity index (χ0) is 24.9. The summed E-state index contributed by atoms with van der Waals surface area (Å²) in [5.41, 5.74) is 2.52. The maximum atomic E-state index is 13.2. The highest BCUT2D eigenvalue weighted by atomic mass is 19.4. The van der Waals surface area contributed by atoms with Crippen molar-refractivity contribution in [3.63, 3.8) is 0 Å². The van der Waals surface area contributed by atoms with Gasteiger partial charge in [-0.15, -0.1) is 0 Å². The van der Waals surface area contributed by atoms with Crippen LogP contribution < -0.4 is 4.90 Å². The van der Waals surface area contributed by atoms with E-state index in [1.165, 1.54) is 17.7 Å². The van der Waals surface area contributed by atoms with Gasteiger partial charge in [0.15, 0.2) is 0 Å². The Morgan fingerprint density at radius 3 is 2.24 bits per heavy atom. The molecule has 0 N–H and O–H groups in total. The molecule has 3 rings (SSSR count). The number of halogens is 3. The average Bonchev–Trinajstić information content (AvgIpc) is 2.80. The first-order valence-corrected chi connectivity index (χ1v) is 12.3. The third kappa shape index (κ3) is 6.13. The molecule has 0 aliphatic carbocycles. The van der Waals surface area contributed by atoms with Crippen LogP contribution in [0.4, 0.5) is 18.9 Å². The third-order valence-corrected chi connectivity index (χ3v) is 6.91. The number of carbonyl (C=O) groups excluding carboxylic acids is 1. The minimum atomic E-state index is -4.37. The molecular weight excluding hydrogens is 439 g/mol. The van der Waals surface area contributed by atoms with Gasteiger partial charge in [-0.1, -0.05) is 51.5 Å². The van der Waals surface area contributed by atoms with Gasteiger partial charge in [0.2, 0.25) is 0 Å². The largest absolute Gasteiger partial charge is 0.466 e. The molecular formula is C28H36F3NO2. The van der Waals surface area contributed by atoms with Crippen molar-refractivity contribution >= 4 is 11.7 Å². The van der Waals surface area contributed by atoms with Crippen molar-refractivity contribution in [1.29, 1.82) is 0 Å². The predicted molar refractivity (Wildman–Crippen MR) is 130 cm³/mol. The fraction of sp³-hybridized carbons (Fsp3) is 0.536. The second-order valence-corrected chi connectivity index (χ2v) is 9.51. The SMILES string of the molecule is CCC[C@@H]1[C@@H](CC(=O)OCC)CCN(c2ccc(C(C)C)cc2)[C@H]1c1ccc(C(F)(F)F)cc1. The summed E-state index contributed by atoms with van der Waals surface area (Å²) in [5.74, 6) is 0.472. The van der Waals surface area contributed by atoms with E-state index >= 15 is 0 Å². The second-order valence-electron chi connectivity index (χ2n) is 9.51. The molecule has 2 aromatic carbocycles. The number of ether oxygens (including phenoxy) is 1. The molecule has 1 fully saturated rings. The highest BCUT2D eigenvalue weighted by Crippen LogP contribution is 2.46. The number of piperidine rings is 1. The van der Waals surface area contributed by atoms with E-state index in [0.717, 1.165) is 37.1 Å². The van der Waals surface area contributed by atoms with Gasteiger partial charge in [-0.3, -0.25) is 4.79 Å². The Hall–Kier alpha value is -2.50. The molecule has 0 radical (unpaired) electrons. The summed E-state index contributed by atoms with van der Waals surface area (Å²) in [6.07, 6.45) is -1.37. The quantitative estimate of drug-likeness (QED) is 0.365. The number of nitrogens with zero attached hydrogens (tertiary/aromatic N) is 1. The fourth-order valence-corrected chi connectivity index (χ4v) is 5.20. The topological polar surface area (TPSA) is 29.5 Å². The highest BCUT2D eigenvalue weighted by molar-refractivity contribution is 5.69. The van der Waals surface area contributed by atoms with Crippen LogP contribution in [0.25, 0.3) is 0 Å². The Balaban J connectivity index is 2.01. The van der Waals surface area contributed by atoms with E-state index < -0.39 is 11.7 Å². The molecule has 3 atom stereocenters. The number of anilines is 1. The molecule has 0 amide bonds. The zero-order valence-corrected chi connectivity index (χ0v) is 20.6. The standard InChI is InChI=1S/C28H36F3NO2/c1-5-7-25-22(18-26(33)34-6-2)16-17-32(24-14-10-20(11-15-24)19(3)4)27(25)21-8-12-23(13-9-21)28(29,30)31/h8-15,19,22,25,27H,5-7,16-18H2,1-4H3/t22-,25-,27+/m1/s1. The van der Waals surface area contributed by atoms with E-state index in [1.807, 2.05) is 0 Å². The van der Waals surface area contributed by atoms with Crippen molar-refractivity contribution in [2.45, 2.75) is 71.5 Å². The summed E-state index contributed by atoms with van der Waals surface area (Å²) < 4.78 is 44.9. The lowest BCUT2D eigenvalue weighted by Gasteiger charge is -2.47. The lowest BCUT2D eigenvalue weighted by molar-refractivity contribution is -0.145. The Morgan fingerprint density at radius 2 is 1.71 bits per heavy atom. The minimum Gasteiger partial charge on any atom is -0.466 e. The van der Waals surface area contributed by atoms with E-state index in [9.17, 15) is 18.0 Å². The van der Waals surface area contributed by atoms with Crippen LogP contribution in [0, 0.1) is 11.8 Å². The molecule has 0 bridgehead atoms. The minimum absolute atomic E-state index is 0.111. The van der Waals surface area contributed by atoms with Crippen LogP contribution in [0.2, 0.25) is 0 Å². The Labute approximate surface area is 201 Å². The van der Waals surface area contributed by atoms with Gasteiger partial charge in [-0.2, -0.15) is 13.2 Å². The van der Waals surface area contributed by atoms with Crippen molar-refractivity contribution in [2.24, 2.45) is 11.8 Å². The van der Waals surface area contributed by atoms with Crippen molar-refractivity contribution in [1.82, 2.24) is 0 Å². The Morgan fingerprint density at radius 1 is 1.06 bits per heavy atom. The molecule has 1 heterocycles. The summed E-state index contributed by atoms with van der Waals surface area (Å²) in [6, 6.07) is 13.9. The van der Waals surface area contributed by atoms with Gasteiger partial charge in [0.1, 0.15) is 0 Å². The van der Waals surface area contributed by atoms with Gasteiger partial charge in [-0.05, 0) is 72.9 Å². The van der Waals surface area contributed by atoms with Crippen LogP contribution in [0.5, 0.6) is 0 Å². The summed E-state index contributed by atoms with van der Waals surface area (Å²) in [4.78, 5) is 14.7. The lowest BCUT2D eigenvalue weighted by Crippen LogP contribution is -2.44. The van der Waals surface area contributed by atoms with Crippen LogP contribution in [0.3, 0.4) is 0 Å². The van der Waals surface area contributed by atoms with Crippen molar-refractivity contribution in [3.05, 3.63) is 65.2 Å². The van der Waals surface area contributed by atoms with E-state index in [-0.39, 0.29) is 23.8 Å². The maximum absolute atomic E-state index is 13.2. The Kier molecular flexibility index (Phi) is 8.67. The van der Waals surface area contributed by atoms with Gasteiger partial charge in [0, 0.05) is 18.7 Å². The molecule has 2 aromatic rings. The van der Waals surface area contributed by atoms with Gasteiger partial charge < -0.3 is 9.64 Å². The molecule has 1 aliphatic heterocycles. The lowest BCUT2D eigenvalue weighted by atomic mass is 9.73. The normalized spacial score (nSPS) is 21.1. The predicted octanol–water partition coefficient (Wildman–Crippen LogP) is 7.77. The second kappa shape index (κ2) is 11.3.